The van der Waals surface area contributed by atoms with Crippen LogP contribution < -0.4 is 4.74 Å². The Bertz CT molecular complexity index is 666. The minimum Gasteiger partial charge on any atom is -0.494 e. The summed E-state index contributed by atoms with van der Waals surface area (Å²) >= 11 is 0. The first-order chi connectivity index (χ1) is 12.6. The Hall–Kier alpha value is -2.43. The van der Waals surface area contributed by atoms with E-state index < -0.39 is 5.82 Å². The fraction of sp³-hybridized carbons (Fsp3) is 0.474. The molecule has 1 aliphatic heterocycles. The average molecular weight is 361 g/mol. The molecule has 1 fully saturated rings. The molecule has 0 N–H and O–H groups in total. The monoisotopic (exact) mass is 361 g/mol. The number of hydrogen-bond donors (Lipinski definition) is 0. The molecule has 1 aromatic carbocycles. The summed E-state index contributed by atoms with van der Waals surface area (Å²) in [5.74, 6) is -0.505. The number of methoxy groups -OCH3 is 1. The third-order valence-electron chi connectivity index (χ3n) is 4.19. The molecule has 0 unspecified atom stereocenters. The van der Waals surface area contributed by atoms with Crippen LogP contribution >= 0.6 is 0 Å². The lowest BCUT2D eigenvalue weighted by atomic mass is 10.2. The molecule has 2 rings (SSSR count). The van der Waals surface area contributed by atoms with E-state index in [2.05, 4.69) is 11.0 Å². The fourth-order valence-corrected chi connectivity index (χ4v) is 2.66. The number of hydrogen-bond acceptors (Lipinski definition) is 5. The van der Waals surface area contributed by atoms with Crippen LogP contribution in [0.1, 0.15) is 12.0 Å². The first kappa shape index (κ1) is 19.9. The van der Waals surface area contributed by atoms with Crippen LogP contribution in [0.25, 0.3) is 6.08 Å². The summed E-state index contributed by atoms with van der Waals surface area (Å²) in [6, 6.07) is 6.58. The number of morpholine rings is 1. The predicted octanol–water partition coefficient (Wildman–Crippen LogP) is 1.92. The summed E-state index contributed by atoms with van der Waals surface area (Å²) in [5, 5.41) is 8.82. The minimum atomic E-state index is -0.476. The van der Waals surface area contributed by atoms with Gasteiger partial charge < -0.3 is 14.4 Å². The second kappa shape index (κ2) is 10.5. The number of amides is 1. The number of nitriles is 1. The van der Waals surface area contributed by atoms with Crippen LogP contribution in [0.5, 0.6) is 5.75 Å². The first-order valence-corrected chi connectivity index (χ1v) is 8.61. The molecule has 1 amide bonds. The van der Waals surface area contributed by atoms with Gasteiger partial charge in [-0.25, -0.2) is 4.39 Å². The molecular weight excluding hydrogens is 337 g/mol. The van der Waals surface area contributed by atoms with Gasteiger partial charge in [0.15, 0.2) is 11.6 Å². The molecule has 26 heavy (non-hydrogen) atoms. The Kier molecular flexibility index (Phi) is 8.06. The van der Waals surface area contributed by atoms with E-state index in [4.69, 9.17) is 14.7 Å². The third kappa shape index (κ3) is 6.14. The molecule has 0 atom stereocenters. The number of nitrogens with zero attached hydrogens (tertiary/aromatic N) is 3. The molecule has 140 valence electrons. The van der Waals surface area contributed by atoms with Gasteiger partial charge in [0.2, 0.25) is 5.91 Å². The van der Waals surface area contributed by atoms with Gasteiger partial charge in [-0.05, 0) is 23.8 Å². The Morgan fingerprint density at radius 2 is 2.19 bits per heavy atom. The van der Waals surface area contributed by atoms with E-state index in [0.717, 1.165) is 19.6 Å². The van der Waals surface area contributed by atoms with Gasteiger partial charge in [0.1, 0.15) is 0 Å². The molecule has 0 bridgehead atoms. The lowest BCUT2D eigenvalue weighted by Crippen LogP contribution is -2.43. The van der Waals surface area contributed by atoms with Crippen molar-refractivity contribution in [2.24, 2.45) is 0 Å². The second-order valence-electron chi connectivity index (χ2n) is 5.91. The zero-order valence-corrected chi connectivity index (χ0v) is 15.0. The van der Waals surface area contributed by atoms with Gasteiger partial charge in [0.05, 0.1) is 32.8 Å². The Morgan fingerprint density at radius 3 is 2.85 bits per heavy atom. The Labute approximate surface area is 153 Å². The van der Waals surface area contributed by atoms with E-state index in [9.17, 15) is 9.18 Å². The van der Waals surface area contributed by atoms with Gasteiger partial charge in [0.25, 0.3) is 0 Å². The smallest absolute Gasteiger partial charge is 0.246 e. The van der Waals surface area contributed by atoms with Gasteiger partial charge in [-0.1, -0.05) is 6.07 Å². The second-order valence-corrected chi connectivity index (χ2v) is 5.91. The van der Waals surface area contributed by atoms with Gasteiger partial charge in [-0.2, -0.15) is 5.26 Å². The van der Waals surface area contributed by atoms with E-state index in [1.54, 1.807) is 17.0 Å². The average Bonchev–Trinajstić information content (AvgIpc) is 2.67. The van der Waals surface area contributed by atoms with E-state index >= 15 is 0 Å². The van der Waals surface area contributed by atoms with Crippen molar-refractivity contribution in [2.45, 2.75) is 6.42 Å². The molecule has 0 saturated carbocycles. The van der Waals surface area contributed by atoms with Crippen molar-refractivity contribution in [1.29, 1.82) is 5.26 Å². The SMILES string of the molecule is COc1ccc(C=CC(=O)N(CCC#N)CCN2CCOCC2)cc1F. The summed E-state index contributed by atoms with van der Waals surface area (Å²) in [6.07, 6.45) is 3.26. The molecule has 1 aromatic rings. The number of carbonyl (C=O) groups is 1. The Morgan fingerprint density at radius 1 is 1.42 bits per heavy atom. The maximum atomic E-state index is 13.7. The van der Waals surface area contributed by atoms with Crippen LogP contribution in [0.15, 0.2) is 24.3 Å². The van der Waals surface area contributed by atoms with Crippen LogP contribution in [0.2, 0.25) is 0 Å². The van der Waals surface area contributed by atoms with Gasteiger partial charge in [0, 0.05) is 38.8 Å². The molecule has 0 aliphatic carbocycles. The van der Waals surface area contributed by atoms with Crippen molar-refractivity contribution in [3.8, 4) is 11.8 Å². The van der Waals surface area contributed by atoms with E-state index in [-0.39, 0.29) is 18.1 Å². The number of carbonyl (C=O) groups excluding carboxylic acids is 1. The normalized spacial score (nSPS) is 15.0. The summed E-state index contributed by atoms with van der Waals surface area (Å²) < 4.78 is 23.9. The summed E-state index contributed by atoms with van der Waals surface area (Å²) in [5.41, 5.74) is 0.574. The quantitative estimate of drug-likeness (QED) is 0.662. The van der Waals surface area contributed by atoms with E-state index in [1.807, 2.05) is 0 Å². The van der Waals surface area contributed by atoms with Crippen molar-refractivity contribution in [1.82, 2.24) is 9.80 Å². The zero-order chi connectivity index (χ0) is 18.8. The minimum absolute atomic E-state index is 0.162. The van der Waals surface area contributed by atoms with Crippen molar-refractivity contribution in [3.63, 3.8) is 0 Å². The summed E-state index contributed by atoms with van der Waals surface area (Å²) in [7, 11) is 1.40. The van der Waals surface area contributed by atoms with Gasteiger partial charge >= 0.3 is 0 Å². The Balaban J connectivity index is 1.96. The first-order valence-electron chi connectivity index (χ1n) is 8.61. The molecule has 1 aliphatic rings. The van der Waals surface area contributed by atoms with E-state index in [0.29, 0.717) is 31.9 Å². The molecule has 0 radical (unpaired) electrons. The maximum Gasteiger partial charge on any atom is 0.246 e. The van der Waals surface area contributed by atoms with Crippen LogP contribution in [0, 0.1) is 17.1 Å². The van der Waals surface area contributed by atoms with Crippen LogP contribution in [0.3, 0.4) is 0 Å². The summed E-state index contributed by atoms with van der Waals surface area (Å²) in [4.78, 5) is 16.4. The lowest BCUT2D eigenvalue weighted by Gasteiger charge is -2.29. The highest BCUT2D eigenvalue weighted by Gasteiger charge is 2.15. The van der Waals surface area contributed by atoms with Crippen molar-refractivity contribution in [2.75, 3.05) is 53.0 Å². The molecule has 1 saturated heterocycles. The number of rotatable bonds is 8. The number of benzene rings is 1. The molecule has 0 spiro atoms. The molecule has 6 nitrogen and oxygen atoms in total. The van der Waals surface area contributed by atoms with Gasteiger partial charge in [-0.3, -0.25) is 9.69 Å². The third-order valence-corrected chi connectivity index (χ3v) is 4.19. The molecule has 0 aromatic heterocycles. The highest BCUT2D eigenvalue weighted by molar-refractivity contribution is 5.91. The van der Waals surface area contributed by atoms with Crippen LogP contribution in [-0.4, -0.2) is 68.8 Å². The molecular formula is C19H24FN3O3. The molecule has 1 heterocycles. The van der Waals surface area contributed by atoms with Crippen LogP contribution in [-0.2, 0) is 9.53 Å². The topological polar surface area (TPSA) is 65.8 Å². The van der Waals surface area contributed by atoms with Gasteiger partial charge in [-0.15, -0.1) is 0 Å². The standard InChI is InChI=1S/C19H24FN3O3/c1-25-18-5-3-16(15-17(18)20)4-6-19(24)23(8-2-7-21)10-9-22-11-13-26-14-12-22/h3-6,15H,2,8-14H2,1H3. The largest absolute Gasteiger partial charge is 0.494 e. The summed E-state index contributed by atoms with van der Waals surface area (Å²) in [6.45, 7) is 4.76. The van der Waals surface area contributed by atoms with E-state index in [1.165, 1.54) is 25.3 Å². The highest BCUT2D eigenvalue weighted by Crippen LogP contribution is 2.18. The number of halogens is 1. The maximum absolute atomic E-state index is 13.7. The highest BCUT2D eigenvalue weighted by atomic mass is 19.1. The lowest BCUT2D eigenvalue weighted by molar-refractivity contribution is -0.126. The van der Waals surface area contributed by atoms with Crippen molar-refractivity contribution < 1.29 is 18.7 Å². The van der Waals surface area contributed by atoms with Crippen LogP contribution in [0.4, 0.5) is 4.39 Å². The predicted molar refractivity (Wildman–Crippen MR) is 96.1 cm³/mol. The van der Waals surface area contributed by atoms with Crippen molar-refractivity contribution in [3.05, 3.63) is 35.7 Å². The molecule has 7 heteroatoms. The zero-order valence-electron chi connectivity index (χ0n) is 15.0. The van der Waals surface area contributed by atoms with Crippen molar-refractivity contribution >= 4 is 12.0 Å². The number of ether oxygens (including phenoxy) is 2. The fourth-order valence-electron chi connectivity index (χ4n) is 2.66.